The number of methoxy groups -OCH3 is 1. The summed E-state index contributed by atoms with van der Waals surface area (Å²) in [5.74, 6) is 1.45. The zero-order valence-corrected chi connectivity index (χ0v) is 8.47. The maximum atomic E-state index is 5.22. The van der Waals surface area contributed by atoms with E-state index in [-0.39, 0.29) is 0 Å². The summed E-state index contributed by atoms with van der Waals surface area (Å²) in [6.07, 6.45) is 2.63. The summed E-state index contributed by atoms with van der Waals surface area (Å²) in [6, 6.07) is 0.665. The normalized spacial score (nSPS) is 31.0. The number of nitrogens with one attached hydrogen (secondary N) is 1. The monoisotopic (exact) mass is 171 g/mol. The number of ether oxygens (including phenoxy) is 1. The molecule has 0 aromatic heterocycles. The van der Waals surface area contributed by atoms with Gasteiger partial charge in [-0.3, -0.25) is 0 Å². The molecule has 1 N–H and O–H groups in total. The van der Waals surface area contributed by atoms with Gasteiger partial charge in [0.15, 0.2) is 0 Å². The van der Waals surface area contributed by atoms with Crippen LogP contribution in [0, 0.1) is 11.8 Å². The SMILES string of the molecule is COCC1CCCNC1C(C)C. The molecule has 1 fully saturated rings. The second kappa shape index (κ2) is 4.83. The summed E-state index contributed by atoms with van der Waals surface area (Å²) < 4.78 is 5.22. The minimum Gasteiger partial charge on any atom is -0.384 e. The van der Waals surface area contributed by atoms with Crippen LogP contribution in [0.5, 0.6) is 0 Å². The van der Waals surface area contributed by atoms with Gasteiger partial charge in [0, 0.05) is 13.2 Å². The lowest BCUT2D eigenvalue weighted by molar-refractivity contribution is 0.0971. The van der Waals surface area contributed by atoms with E-state index in [0.717, 1.165) is 18.4 Å². The Morgan fingerprint density at radius 2 is 2.25 bits per heavy atom. The number of hydrogen-bond donors (Lipinski definition) is 1. The van der Waals surface area contributed by atoms with Crippen LogP contribution in [0.4, 0.5) is 0 Å². The third-order valence-corrected chi connectivity index (χ3v) is 2.74. The summed E-state index contributed by atoms with van der Waals surface area (Å²) in [5.41, 5.74) is 0. The van der Waals surface area contributed by atoms with Gasteiger partial charge in [-0.05, 0) is 31.2 Å². The van der Waals surface area contributed by atoms with Crippen LogP contribution in [0.3, 0.4) is 0 Å². The molecular formula is C10H21NO. The van der Waals surface area contributed by atoms with Crippen LogP contribution in [0.1, 0.15) is 26.7 Å². The van der Waals surface area contributed by atoms with Gasteiger partial charge in [0.25, 0.3) is 0 Å². The molecule has 2 unspecified atom stereocenters. The smallest absolute Gasteiger partial charge is 0.0505 e. The molecule has 1 saturated heterocycles. The molecule has 0 radical (unpaired) electrons. The maximum Gasteiger partial charge on any atom is 0.0505 e. The summed E-state index contributed by atoms with van der Waals surface area (Å²) in [4.78, 5) is 0. The Labute approximate surface area is 75.7 Å². The van der Waals surface area contributed by atoms with Crippen molar-refractivity contribution in [3.8, 4) is 0 Å². The summed E-state index contributed by atoms with van der Waals surface area (Å²) >= 11 is 0. The van der Waals surface area contributed by atoms with Crippen molar-refractivity contribution in [1.82, 2.24) is 5.32 Å². The van der Waals surface area contributed by atoms with Crippen LogP contribution in [-0.4, -0.2) is 26.3 Å². The first-order valence-electron chi connectivity index (χ1n) is 4.98. The van der Waals surface area contributed by atoms with Crippen LogP contribution in [-0.2, 0) is 4.74 Å². The zero-order valence-electron chi connectivity index (χ0n) is 8.47. The van der Waals surface area contributed by atoms with E-state index in [1.165, 1.54) is 19.4 Å². The fraction of sp³-hybridized carbons (Fsp3) is 1.00. The fourth-order valence-electron chi connectivity index (χ4n) is 2.16. The molecule has 1 aliphatic heterocycles. The largest absolute Gasteiger partial charge is 0.384 e. The molecule has 1 heterocycles. The lowest BCUT2D eigenvalue weighted by Crippen LogP contribution is -2.46. The van der Waals surface area contributed by atoms with Gasteiger partial charge >= 0.3 is 0 Å². The first-order chi connectivity index (χ1) is 5.75. The van der Waals surface area contributed by atoms with Gasteiger partial charge in [-0.25, -0.2) is 0 Å². The van der Waals surface area contributed by atoms with E-state index in [9.17, 15) is 0 Å². The third-order valence-electron chi connectivity index (χ3n) is 2.74. The predicted molar refractivity (Wildman–Crippen MR) is 51.2 cm³/mol. The average molecular weight is 171 g/mol. The zero-order chi connectivity index (χ0) is 8.97. The Balaban J connectivity index is 2.42. The molecule has 0 aromatic carbocycles. The van der Waals surface area contributed by atoms with Crippen molar-refractivity contribution >= 4 is 0 Å². The Hall–Kier alpha value is -0.0800. The van der Waals surface area contributed by atoms with E-state index in [4.69, 9.17) is 4.74 Å². The van der Waals surface area contributed by atoms with Crippen LogP contribution >= 0.6 is 0 Å². The molecule has 2 atom stereocenters. The minimum absolute atomic E-state index is 0.665. The molecule has 2 heteroatoms. The molecule has 2 nitrogen and oxygen atoms in total. The molecule has 12 heavy (non-hydrogen) atoms. The summed E-state index contributed by atoms with van der Waals surface area (Å²) in [6.45, 7) is 6.66. The Kier molecular flexibility index (Phi) is 4.02. The molecule has 72 valence electrons. The van der Waals surface area contributed by atoms with Crippen molar-refractivity contribution in [3.05, 3.63) is 0 Å². The molecule has 0 saturated carbocycles. The highest BCUT2D eigenvalue weighted by Crippen LogP contribution is 2.21. The highest BCUT2D eigenvalue weighted by Gasteiger charge is 2.26. The van der Waals surface area contributed by atoms with Crippen molar-refractivity contribution in [2.24, 2.45) is 11.8 Å². The molecule has 1 rings (SSSR count). The molecule has 0 bridgehead atoms. The van der Waals surface area contributed by atoms with E-state index in [0.29, 0.717) is 6.04 Å². The molecule has 0 spiro atoms. The Morgan fingerprint density at radius 3 is 2.83 bits per heavy atom. The van der Waals surface area contributed by atoms with Crippen molar-refractivity contribution < 1.29 is 4.74 Å². The van der Waals surface area contributed by atoms with Crippen molar-refractivity contribution in [2.45, 2.75) is 32.7 Å². The van der Waals surface area contributed by atoms with Gasteiger partial charge in [0.2, 0.25) is 0 Å². The highest BCUT2D eigenvalue weighted by molar-refractivity contribution is 4.83. The van der Waals surface area contributed by atoms with E-state index in [2.05, 4.69) is 19.2 Å². The average Bonchev–Trinajstić information content (AvgIpc) is 2.05. The number of hydrogen-bond acceptors (Lipinski definition) is 2. The number of piperidine rings is 1. The van der Waals surface area contributed by atoms with Gasteiger partial charge in [-0.15, -0.1) is 0 Å². The van der Waals surface area contributed by atoms with E-state index >= 15 is 0 Å². The van der Waals surface area contributed by atoms with Crippen LogP contribution in [0.15, 0.2) is 0 Å². The van der Waals surface area contributed by atoms with Gasteiger partial charge in [0.05, 0.1) is 6.61 Å². The second-order valence-electron chi connectivity index (χ2n) is 4.08. The Morgan fingerprint density at radius 1 is 1.50 bits per heavy atom. The topological polar surface area (TPSA) is 21.3 Å². The van der Waals surface area contributed by atoms with Crippen molar-refractivity contribution in [1.29, 1.82) is 0 Å². The quantitative estimate of drug-likeness (QED) is 0.697. The van der Waals surface area contributed by atoms with Gasteiger partial charge in [-0.2, -0.15) is 0 Å². The molecule has 0 aliphatic carbocycles. The molecule has 1 aliphatic rings. The first-order valence-corrected chi connectivity index (χ1v) is 4.98. The minimum atomic E-state index is 0.665. The highest BCUT2D eigenvalue weighted by atomic mass is 16.5. The molecular weight excluding hydrogens is 150 g/mol. The fourth-order valence-corrected chi connectivity index (χ4v) is 2.16. The van der Waals surface area contributed by atoms with Gasteiger partial charge in [-0.1, -0.05) is 13.8 Å². The summed E-state index contributed by atoms with van der Waals surface area (Å²) in [7, 11) is 1.80. The van der Waals surface area contributed by atoms with Crippen LogP contribution in [0.25, 0.3) is 0 Å². The second-order valence-corrected chi connectivity index (χ2v) is 4.08. The lowest BCUT2D eigenvalue weighted by atomic mass is 9.85. The Bertz CT molecular complexity index is 123. The van der Waals surface area contributed by atoms with E-state index in [1.54, 1.807) is 7.11 Å². The first kappa shape index (κ1) is 10.0. The van der Waals surface area contributed by atoms with Crippen molar-refractivity contribution in [3.63, 3.8) is 0 Å². The molecule has 0 amide bonds. The molecule has 0 aromatic rings. The third kappa shape index (κ3) is 2.46. The standard InChI is InChI=1S/C10H21NO/c1-8(2)10-9(7-12-3)5-4-6-11-10/h8-11H,4-7H2,1-3H3. The van der Waals surface area contributed by atoms with E-state index < -0.39 is 0 Å². The number of rotatable bonds is 3. The van der Waals surface area contributed by atoms with Crippen molar-refractivity contribution in [2.75, 3.05) is 20.3 Å². The van der Waals surface area contributed by atoms with E-state index in [1.807, 2.05) is 0 Å². The van der Waals surface area contributed by atoms with Crippen LogP contribution in [0.2, 0.25) is 0 Å². The predicted octanol–water partition coefficient (Wildman–Crippen LogP) is 1.66. The lowest BCUT2D eigenvalue weighted by Gasteiger charge is -2.34. The van der Waals surface area contributed by atoms with Gasteiger partial charge < -0.3 is 10.1 Å². The van der Waals surface area contributed by atoms with Gasteiger partial charge in [0.1, 0.15) is 0 Å². The summed E-state index contributed by atoms with van der Waals surface area (Å²) in [5, 5.41) is 3.57. The maximum absolute atomic E-state index is 5.22. The van der Waals surface area contributed by atoms with Crippen LogP contribution < -0.4 is 5.32 Å².